The summed E-state index contributed by atoms with van der Waals surface area (Å²) in [6.07, 6.45) is 0.747. The highest BCUT2D eigenvalue weighted by Gasteiger charge is 2.71. The van der Waals surface area contributed by atoms with E-state index < -0.39 is 35.2 Å². The monoisotopic (exact) mass is 563 g/mol. The molecule has 0 saturated carbocycles. The Labute approximate surface area is 242 Å². The van der Waals surface area contributed by atoms with E-state index in [0.717, 1.165) is 22.6 Å². The number of carbonyl (C=O) groups excluding carboxylic acids is 5. The minimum Gasteiger partial charge on any atom is -0.326 e. The lowest BCUT2D eigenvalue weighted by Gasteiger charge is -2.30. The van der Waals surface area contributed by atoms with Gasteiger partial charge >= 0.3 is 0 Å². The average Bonchev–Trinajstić information content (AvgIpc) is 3.68. The van der Waals surface area contributed by atoms with Gasteiger partial charge in [-0.25, -0.2) is 4.90 Å². The number of benzene rings is 3. The van der Waals surface area contributed by atoms with E-state index in [4.69, 9.17) is 0 Å². The molecule has 0 aliphatic carbocycles. The van der Waals surface area contributed by atoms with E-state index in [1.54, 1.807) is 53.4 Å². The van der Waals surface area contributed by atoms with Crippen LogP contribution in [0.4, 0.5) is 22.7 Å². The molecule has 3 aromatic carbocycles. The van der Waals surface area contributed by atoms with Crippen molar-refractivity contribution in [1.82, 2.24) is 5.32 Å². The molecule has 212 valence electrons. The molecule has 0 unspecified atom stereocenters. The van der Waals surface area contributed by atoms with Crippen molar-refractivity contribution in [1.29, 1.82) is 0 Å². The first-order valence-electron chi connectivity index (χ1n) is 14.1. The highest BCUT2D eigenvalue weighted by molar-refractivity contribution is 6.26. The van der Waals surface area contributed by atoms with Gasteiger partial charge in [-0.2, -0.15) is 0 Å². The van der Waals surface area contributed by atoms with E-state index in [-0.39, 0.29) is 24.3 Å². The molecule has 0 bridgehead atoms. The highest BCUT2D eigenvalue weighted by atomic mass is 16.2. The van der Waals surface area contributed by atoms with Crippen LogP contribution < -0.4 is 25.3 Å². The third-order valence-corrected chi connectivity index (χ3v) is 8.94. The third-order valence-electron chi connectivity index (χ3n) is 8.94. The summed E-state index contributed by atoms with van der Waals surface area (Å²) in [5.41, 5.74) is 2.51. The molecule has 4 atom stereocenters. The largest absolute Gasteiger partial charge is 0.326 e. The maximum Gasteiger partial charge on any atom is 0.253 e. The molecule has 2 N–H and O–H groups in total. The van der Waals surface area contributed by atoms with Crippen molar-refractivity contribution in [3.63, 3.8) is 0 Å². The van der Waals surface area contributed by atoms with Crippen LogP contribution in [0.3, 0.4) is 0 Å². The summed E-state index contributed by atoms with van der Waals surface area (Å²) < 4.78 is 0. The van der Waals surface area contributed by atoms with Crippen LogP contribution in [0.15, 0.2) is 72.8 Å². The number of amides is 5. The van der Waals surface area contributed by atoms with Crippen LogP contribution in [-0.2, 0) is 35.9 Å². The van der Waals surface area contributed by atoms with Gasteiger partial charge in [-0.3, -0.25) is 29.3 Å². The second-order valence-corrected chi connectivity index (χ2v) is 11.3. The number of fused-ring (bicyclic) bond motifs is 5. The Morgan fingerprint density at radius 2 is 1.62 bits per heavy atom. The van der Waals surface area contributed by atoms with Gasteiger partial charge in [0.15, 0.2) is 0 Å². The van der Waals surface area contributed by atoms with Crippen LogP contribution >= 0.6 is 0 Å². The van der Waals surface area contributed by atoms with E-state index in [9.17, 15) is 24.0 Å². The smallest absolute Gasteiger partial charge is 0.253 e. The zero-order valence-electron chi connectivity index (χ0n) is 23.2. The minimum atomic E-state index is -1.48. The van der Waals surface area contributed by atoms with Gasteiger partial charge < -0.3 is 15.1 Å². The molecular formula is C32H29N5O5. The first kappa shape index (κ1) is 26.1. The van der Waals surface area contributed by atoms with Crippen molar-refractivity contribution in [3.05, 3.63) is 83.9 Å². The Hall–Kier alpha value is -4.83. The number of rotatable bonds is 4. The van der Waals surface area contributed by atoms with Crippen LogP contribution in [0.5, 0.6) is 0 Å². The van der Waals surface area contributed by atoms with E-state index in [1.165, 1.54) is 11.8 Å². The number of nitrogens with zero attached hydrogens (tertiary/aromatic N) is 3. The van der Waals surface area contributed by atoms with Crippen molar-refractivity contribution in [2.75, 3.05) is 33.1 Å². The Kier molecular flexibility index (Phi) is 5.81. The average molecular weight is 564 g/mol. The van der Waals surface area contributed by atoms with Crippen LogP contribution in [0.25, 0.3) is 0 Å². The zero-order valence-corrected chi connectivity index (χ0v) is 23.2. The fraction of sp³-hybridized carbons (Fsp3) is 0.281. The normalized spacial score (nSPS) is 25.7. The summed E-state index contributed by atoms with van der Waals surface area (Å²) in [5, 5.41) is 6.03. The zero-order chi connectivity index (χ0) is 29.3. The minimum absolute atomic E-state index is 0.185. The molecule has 5 amide bonds. The topological polar surface area (TPSA) is 119 Å². The van der Waals surface area contributed by atoms with E-state index in [0.29, 0.717) is 29.2 Å². The lowest BCUT2D eigenvalue weighted by atomic mass is 9.76. The molecule has 2 fully saturated rings. The number of hydrogen-bond acceptors (Lipinski definition) is 6. The first-order valence-corrected chi connectivity index (χ1v) is 14.1. The van der Waals surface area contributed by atoms with Crippen LogP contribution in [0.2, 0.25) is 0 Å². The number of anilines is 4. The highest BCUT2D eigenvalue weighted by Crippen LogP contribution is 2.55. The molecule has 3 aromatic rings. The summed E-state index contributed by atoms with van der Waals surface area (Å²) in [7, 11) is 0. The van der Waals surface area contributed by atoms with E-state index >= 15 is 0 Å². The first-order chi connectivity index (χ1) is 20.2. The van der Waals surface area contributed by atoms with E-state index in [2.05, 4.69) is 10.6 Å². The molecule has 7 rings (SSSR count). The fourth-order valence-corrected chi connectivity index (χ4v) is 7.24. The maximum atomic E-state index is 14.5. The summed E-state index contributed by atoms with van der Waals surface area (Å²) in [6, 6.07) is 20.9. The van der Waals surface area contributed by atoms with Gasteiger partial charge in [0.2, 0.25) is 23.6 Å². The number of imide groups is 1. The number of nitrogens with one attached hydrogen (secondary N) is 2. The summed E-state index contributed by atoms with van der Waals surface area (Å²) in [5.74, 6) is -3.48. The molecule has 4 aliphatic rings. The fourth-order valence-electron chi connectivity index (χ4n) is 7.24. The Morgan fingerprint density at radius 3 is 2.36 bits per heavy atom. The molecule has 10 nitrogen and oxygen atoms in total. The molecule has 2 saturated heterocycles. The molecule has 0 radical (unpaired) electrons. The van der Waals surface area contributed by atoms with Gasteiger partial charge in [-0.05, 0) is 55.3 Å². The number of para-hydroxylation sites is 2. The van der Waals surface area contributed by atoms with Gasteiger partial charge in [-0.15, -0.1) is 0 Å². The standard InChI is InChI=1S/C32H29N5O5/c1-18-27-28(30(41)37(29(27)40)22-13-11-21(12-14-22)33-19(2)38)32(34-18)23-8-4-6-10-25(23)36(31(32)42)17-26(39)35-16-15-20-7-3-5-9-24(20)35/h3-14,18,27-28,34H,15-17H2,1-2H3,(H,33,38)/t18-,27-,28+,32+/m1/s1. The van der Waals surface area contributed by atoms with Crippen molar-refractivity contribution in [2.24, 2.45) is 11.8 Å². The van der Waals surface area contributed by atoms with Gasteiger partial charge in [0.1, 0.15) is 12.1 Å². The Morgan fingerprint density at radius 1 is 0.929 bits per heavy atom. The molecule has 4 heterocycles. The van der Waals surface area contributed by atoms with Crippen LogP contribution in [0, 0.1) is 11.8 Å². The lowest BCUT2D eigenvalue weighted by Crippen LogP contribution is -2.56. The quantitative estimate of drug-likeness (QED) is 0.471. The summed E-state index contributed by atoms with van der Waals surface area (Å²) >= 11 is 0. The van der Waals surface area contributed by atoms with Crippen LogP contribution in [0.1, 0.15) is 25.0 Å². The maximum absolute atomic E-state index is 14.5. The van der Waals surface area contributed by atoms with Gasteiger partial charge in [0.25, 0.3) is 5.91 Å². The van der Waals surface area contributed by atoms with E-state index in [1.807, 2.05) is 31.2 Å². The molecule has 4 aliphatic heterocycles. The van der Waals surface area contributed by atoms with Crippen LogP contribution in [-0.4, -0.2) is 48.7 Å². The predicted octanol–water partition coefficient (Wildman–Crippen LogP) is 2.57. The summed E-state index contributed by atoms with van der Waals surface area (Å²) in [6.45, 7) is 3.56. The second kappa shape index (κ2) is 9.35. The third kappa shape index (κ3) is 3.58. The number of carbonyl (C=O) groups is 5. The molecule has 42 heavy (non-hydrogen) atoms. The van der Waals surface area contributed by atoms with Crippen molar-refractivity contribution >= 4 is 52.3 Å². The Balaban J connectivity index is 1.24. The summed E-state index contributed by atoms with van der Waals surface area (Å²) in [4.78, 5) is 71.8. The van der Waals surface area contributed by atoms with Crippen molar-refractivity contribution in [3.8, 4) is 0 Å². The van der Waals surface area contributed by atoms with Gasteiger partial charge in [-0.1, -0.05) is 36.4 Å². The predicted molar refractivity (Wildman–Crippen MR) is 156 cm³/mol. The molecule has 10 heteroatoms. The van der Waals surface area contributed by atoms with Gasteiger partial charge in [0.05, 0.1) is 17.5 Å². The number of hydrogen-bond donors (Lipinski definition) is 2. The molecule has 0 aromatic heterocycles. The lowest BCUT2D eigenvalue weighted by molar-refractivity contribution is -0.132. The molecular weight excluding hydrogens is 534 g/mol. The van der Waals surface area contributed by atoms with Crippen molar-refractivity contribution < 1.29 is 24.0 Å². The molecule has 1 spiro atoms. The van der Waals surface area contributed by atoms with Crippen molar-refractivity contribution in [2.45, 2.75) is 31.8 Å². The Bertz CT molecular complexity index is 1690. The second-order valence-electron chi connectivity index (χ2n) is 11.3. The SMILES string of the molecule is CC(=O)Nc1ccc(N2C(=O)[C@H]3[C@@H](C2=O)[C@]2(N[C@@H]3C)C(=O)N(CC(=O)N3CCc4ccccc43)c3ccccc32)cc1. The van der Waals surface area contributed by atoms with Gasteiger partial charge in [0, 0.05) is 42.1 Å².